The molecule has 0 saturated carbocycles. The second-order valence-electron chi connectivity index (χ2n) is 4.42. The van der Waals surface area contributed by atoms with Gasteiger partial charge in [0.15, 0.2) is 0 Å². The van der Waals surface area contributed by atoms with Crippen LogP contribution in [0.15, 0.2) is 24.3 Å². The summed E-state index contributed by atoms with van der Waals surface area (Å²) in [6.45, 7) is 3.24. The molecule has 16 heavy (non-hydrogen) atoms. The van der Waals surface area contributed by atoms with Gasteiger partial charge in [-0.25, -0.2) is 4.39 Å². The van der Waals surface area contributed by atoms with E-state index in [9.17, 15) is 4.39 Å². The number of halogens is 1. The molecule has 1 heterocycles. The maximum atomic E-state index is 13.1. The van der Waals surface area contributed by atoms with E-state index in [4.69, 9.17) is 5.11 Å². The normalized spacial score (nSPS) is 21.5. The Morgan fingerprint density at radius 3 is 3.06 bits per heavy atom. The van der Waals surface area contributed by atoms with Gasteiger partial charge in [-0.3, -0.25) is 0 Å². The molecule has 0 radical (unpaired) electrons. The summed E-state index contributed by atoms with van der Waals surface area (Å²) in [6, 6.07) is 6.91. The lowest BCUT2D eigenvalue weighted by Gasteiger charge is -2.15. The Bertz CT molecular complexity index is 342. The van der Waals surface area contributed by atoms with E-state index in [-0.39, 0.29) is 12.4 Å². The molecular formula is C13H18FNO. The topological polar surface area (TPSA) is 23.5 Å². The van der Waals surface area contributed by atoms with Crippen molar-refractivity contribution in [3.8, 4) is 0 Å². The largest absolute Gasteiger partial charge is 0.396 e. The summed E-state index contributed by atoms with van der Waals surface area (Å²) in [5, 5.41) is 8.77. The minimum absolute atomic E-state index is 0.147. The first-order valence-corrected chi connectivity index (χ1v) is 5.88. The van der Waals surface area contributed by atoms with Crippen molar-refractivity contribution in [2.75, 3.05) is 26.2 Å². The van der Waals surface area contributed by atoms with Crippen molar-refractivity contribution < 1.29 is 9.50 Å². The third kappa shape index (κ3) is 2.80. The number of rotatable bonds is 4. The van der Waals surface area contributed by atoms with E-state index in [2.05, 4.69) is 4.90 Å². The van der Waals surface area contributed by atoms with Crippen LogP contribution in [0.3, 0.4) is 0 Å². The van der Waals surface area contributed by atoms with Crippen LogP contribution in [0, 0.1) is 5.82 Å². The zero-order chi connectivity index (χ0) is 11.4. The van der Waals surface area contributed by atoms with Crippen molar-refractivity contribution in [2.45, 2.75) is 18.8 Å². The van der Waals surface area contributed by atoms with Crippen LogP contribution in [-0.4, -0.2) is 36.2 Å². The van der Waals surface area contributed by atoms with E-state index in [1.54, 1.807) is 12.1 Å². The molecule has 2 rings (SSSR count). The summed E-state index contributed by atoms with van der Waals surface area (Å²) in [5.41, 5.74) is 1.10. The van der Waals surface area contributed by atoms with Crippen LogP contribution in [0.25, 0.3) is 0 Å². The van der Waals surface area contributed by atoms with Crippen molar-refractivity contribution in [3.05, 3.63) is 35.6 Å². The van der Waals surface area contributed by atoms with Crippen LogP contribution >= 0.6 is 0 Å². The maximum absolute atomic E-state index is 13.1. The minimum atomic E-state index is -0.147. The second kappa shape index (κ2) is 5.41. The average molecular weight is 223 g/mol. The molecule has 1 saturated heterocycles. The molecule has 1 aromatic carbocycles. The van der Waals surface area contributed by atoms with Crippen LogP contribution in [0.5, 0.6) is 0 Å². The highest BCUT2D eigenvalue weighted by molar-refractivity contribution is 5.22. The zero-order valence-corrected chi connectivity index (χ0v) is 9.40. The molecule has 2 nitrogen and oxygen atoms in total. The van der Waals surface area contributed by atoms with Gasteiger partial charge >= 0.3 is 0 Å². The lowest BCUT2D eigenvalue weighted by atomic mass is 9.98. The number of aliphatic hydroxyl groups is 1. The van der Waals surface area contributed by atoms with Crippen LogP contribution in [0.1, 0.15) is 24.3 Å². The molecule has 0 amide bonds. The van der Waals surface area contributed by atoms with Crippen LogP contribution in [-0.2, 0) is 0 Å². The highest BCUT2D eigenvalue weighted by Crippen LogP contribution is 2.27. The third-order valence-electron chi connectivity index (χ3n) is 3.22. The van der Waals surface area contributed by atoms with Crippen LogP contribution in [0.2, 0.25) is 0 Å². The number of hydrogen-bond acceptors (Lipinski definition) is 2. The molecule has 1 aliphatic heterocycles. The van der Waals surface area contributed by atoms with Gasteiger partial charge in [0, 0.05) is 19.7 Å². The van der Waals surface area contributed by atoms with E-state index in [1.807, 2.05) is 6.07 Å². The smallest absolute Gasteiger partial charge is 0.123 e. The predicted octanol–water partition coefficient (Wildman–Crippen LogP) is 2.00. The van der Waals surface area contributed by atoms with Gasteiger partial charge in [-0.05, 0) is 43.0 Å². The molecule has 1 N–H and O–H groups in total. The van der Waals surface area contributed by atoms with E-state index < -0.39 is 0 Å². The fraction of sp³-hybridized carbons (Fsp3) is 0.538. The number of hydrogen-bond donors (Lipinski definition) is 1. The number of aliphatic hydroxyl groups excluding tert-OH is 1. The Morgan fingerprint density at radius 2 is 2.31 bits per heavy atom. The SMILES string of the molecule is OCCCN1CCC(c2cccc(F)c2)C1. The van der Waals surface area contributed by atoms with Crippen molar-refractivity contribution >= 4 is 0 Å². The quantitative estimate of drug-likeness (QED) is 0.844. The van der Waals surface area contributed by atoms with Gasteiger partial charge in [-0.15, -0.1) is 0 Å². The summed E-state index contributed by atoms with van der Waals surface area (Å²) in [5.74, 6) is 0.306. The molecule has 1 unspecified atom stereocenters. The number of likely N-dealkylation sites (tertiary alicyclic amines) is 1. The Labute approximate surface area is 95.7 Å². The van der Waals surface area contributed by atoms with E-state index in [0.717, 1.165) is 38.0 Å². The van der Waals surface area contributed by atoms with E-state index in [0.29, 0.717) is 5.92 Å². The molecule has 0 aliphatic carbocycles. The first kappa shape index (κ1) is 11.6. The van der Waals surface area contributed by atoms with E-state index >= 15 is 0 Å². The predicted molar refractivity (Wildman–Crippen MR) is 61.9 cm³/mol. The highest BCUT2D eigenvalue weighted by Gasteiger charge is 2.23. The lowest BCUT2D eigenvalue weighted by molar-refractivity contribution is 0.246. The summed E-state index contributed by atoms with van der Waals surface area (Å²) in [6.07, 6.45) is 1.92. The molecule has 1 fully saturated rings. The first-order valence-electron chi connectivity index (χ1n) is 5.88. The average Bonchev–Trinajstić information content (AvgIpc) is 2.75. The standard InChI is InChI=1S/C13H18FNO/c14-13-4-1-3-11(9-13)12-5-7-15(10-12)6-2-8-16/h1,3-4,9,12,16H,2,5-8,10H2. The van der Waals surface area contributed by atoms with Gasteiger partial charge in [0.25, 0.3) is 0 Å². The van der Waals surface area contributed by atoms with Crippen LogP contribution < -0.4 is 0 Å². The Morgan fingerprint density at radius 1 is 1.44 bits per heavy atom. The van der Waals surface area contributed by atoms with E-state index in [1.165, 1.54) is 6.07 Å². The highest BCUT2D eigenvalue weighted by atomic mass is 19.1. The monoisotopic (exact) mass is 223 g/mol. The van der Waals surface area contributed by atoms with Gasteiger partial charge in [0.05, 0.1) is 0 Å². The summed E-state index contributed by atoms with van der Waals surface area (Å²) < 4.78 is 13.1. The first-order chi connectivity index (χ1) is 7.79. The van der Waals surface area contributed by atoms with Gasteiger partial charge in [-0.2, -0.15) is 0 Å². The third-order valence-corrected chi connectivity index (χ3v) is 3.22. The molecule has 88 valence electrons. The molecule has 3 heteroatoms. The van der Waals surface area contributed by atoms with Crippen molar-refractivity contribution in [1.29, 1.82) is 0 Å². The molecule has 1 aliphatic rings. The van der Waals surface area contributed by atoms with Crippen molar-refractivity contribution in [1.82, 2.24) is 4.90 Å². The van der Waals surface area contributed by atoms with Gasteiger partial charge < -0.3 is 10.0 Å². The fourth-order valence-corrected chi connectivity index (χ4v) is 2.36. The lowest BCUT2D eigenvalue weighted by Crippen LogP contribution is -2.22. The molecule has 0 aromatic heterocycles. The zero-order valence-electron chi connectivity index (χ0n) is 9.40. The van der Waals surface area contributed by atoms with Gasteiger partial charge in [0.2, 0.25) is 0 Å². The van der Waals surface area contributed by atoms with Gasteiger partial charge in [0.1, 0.15) is 5.82 Å². The molecule has 0 spiro atoms. The summed E-state index contributed by atoms with van der Waals surface area (Å²) in [4.78, 5) is 2.34. The van der Waals surface area contributed by atoms with Crippen LogP contribution in [0.4, 0.5) is 4.39 Å². The molecule has 1 aromatic rings. The molecular weight excluding hydrogens is 205 g/mol. The van der Waals surface area contributed by atoms with Crippen molar-refractivity contribution in [2.24, 2.45) is 0 Å². The Kier molecular flexibility index (Phi) is 3.91. The summed E-state index contributed by atoms with van der Waals surface area (Å²) in [7, 11) is 0. The maximum Gasteiger partial charge on any atom is 0.123 e. The minimum Gasteiger partial charge on any atom is -0.396 e. The van der Waals surface area contributed by atoms with Gasteiger partial charge in [-0.1, -0.05) is 12.1 Å². The number of benzene rings is 1. The Hall–Kier alpha value is -0.930. The fourth-order valence-electron chi connectivity index (χ4n) is 2.36. The second-order valence-corrected chi connectivity index (χ2v) is 4.42. The van der Waals surface area contributed by atoms with Crippen molar-refractivity contribution in [3.63, 3.8) is 0 Å². The molecule has 1 atom stereocenters. The molecule has 0 bridgehead atoms. The number of nitrogens with zero attached hydrogens (tertiary/aromatic N) is 1. The Balaban J connectivity index is 1.93. The summed E-state index contributed by atoms with van der Waals surface area (Å²) >= 11 is 0.